The molecule has 1 heteroatoms. The molecule has 140 valence electrons. The molecule has 0 amide bonds. The molecule has 0 saturated carbocycles. The normalized spacial score (nSPS) is 11.4. The Kier molecular flexibility index (Phi) is 5.51. The fraction of sp³-hybridized carbons (Fsp3) is 0.346. The maximum absolute atomic E-state index is 4.68. The van der Waals surface area contributed by atoms with E-state index in [4.69, 9.17) is 0 Å². The molecule has 0 N–H and O–H groups in total. The molecule has 27 heavy (non-hydrogen) atoms. The van der Waals surface area contributed by atoms with Gasteiger partial charge in [0.25, 0.3) is 0 Å². The van der Waals surface area contributed by atoms with Gasteiger partial charge in [-0.1, -0.05) is 52.0 Å². The number of aryl methyl sites for hydroxylation is 2. The van der Waals surface area contributed by atoms with Crippen LogP contribution in [0.5, 0.6) is 0 Å². The summed E-state index contributed by atoms with van der Waals surface area (Å²) in [6, 6.07) is 16.0. The zero-order chi connectivity index (χ0) is 19.7. The molecule has 1 nitrogen and oxygen atoms in total. The Balaban J connectivity index is 2.19. The van der Waals surface area contributed by atoms with Gasteiger partial charge in [-0.05, 0) is 89.8 Å². The van der Waals surface area contributed by atoms with E-state index in [2.05, 4.69) is 95.9 Å². The third-order valence-corrected chi connectivity index (χ3v) is 5.47. The van der Waals surface area contributed by atoms with Crippen LogP contribution in [0.15, 0.2) is 48.7 Å². The maximum Gasteiger partial charge on any atom is 0.0734 e. The second-order valence-electron chi connectivity index (χ2n) is 8.39. The number of hydrogen-bond acceptors (Lipinski definition) is 1. The molecule has 1 aromatic heterocycles. The summed E-state index contributed by atoms with van der Waals surface area (Å²) in [7, 11) is 0. The molecule has 2 aromatic carbocycles. The van der Waals surface area contributed by atoms with Crippen LogP contribution in [0.1, 0.15) is 67.3 Å². The zero-order valence-electron chi connectivity index (χ0n) is 17.7. The van der Waals surface area contributed by atoms with Crippen molar-refractivity contribution in [2.45, 2.75) is 60.3 Å². The lowest BCUT2D eigenvalue weighted by molar-refractivity contribution is 0.834. The highest BCUT2D eigenvalue weighted by Crippen LogP contribution is 2.33. The Bertz CT molecular complexity index is 938. The molecule has 1 heterocycles. The van der Waals surface area contributed by atoms with Crippen molar-refractivity contribution in [2.75, 3.05) is 0 Å². The molecule has 0 bridgehead atoms. The van der Waals surface area contributed by atoms with E-state index in [0.717, 1.165) is 5.69 Å². The number of hydrogen-bond donors (Lipinski definition) is 0. The van der Waals surface area contributed by atoms with Crippen LogP contribution in [-0.4, -0.2) is 4.98 Å². The standard InChI is InChI=1S/C26H31N/c1-16(2)21-12-22(17(3)4)14-24(13-21)23-10-18(5)11-25(15-23)26-20(7)19(6)8-9-27-26/h8-17H,1-7H3. The van der Waals surface area contributed by atoms with Gasteiger partial charge >= 0.3 is 0 Å². The molecule has 0 saturated heterocycles. The van der Waals surface area contributed by atoms with E-state index in [0.29, 0.717) is 11.8 Å². The summed E-state index contributed by atoms with van der Waals surface area (Å²) in [5, 5.41) is 0. The van der Waals surface area contributed by atoms with Crippen molar-refractivity contribution >= 4 is 0 Å². The van der Waals surface area contributed by atoms with Crippen molar-refractivity contribution < 1.29 is 0 Å². The van der Waals surface area contributed by atoms with Crippen molar-refractivity contribution in [3.05, 3.63) is 76.5 Å². The van der Waals surface area contributed by atoms with Crippen LogP contribution in [0, 0.1) is 20.8 Å². The van der Waals surface area contributed by atoms with E-state index in [1.807, 2.05) is 6.20 Å². The first-order valence-electron chi connectivity index (χ1n) is 9.95. The number of aromatic nitrogens is 1. The SMILES string of the molecule is Cc1cc(-c2cc(C(C)C)cc(C(C)C)c2)cc(-c2nccc(C)c2C)c1. The van der Waals surface area contributed by atoms with E-state index < -0.39 is 0 Å². The molecule has 0 spiro atoms. The largest absolute Gasteiger partial charge is 0.256 e. The molecule has 0 radical (unpaired) electrons. The first kappa shape index (κ1) is 19.4. The first-order valence-corrected chi connectivity index (χ1v) is 9.95. The second-order valence-corrected chi connectivity index (χ2v) is 8.39. The van der Waals surface area contributed by atoms with Crippen molar-refractivity contribution in [3.63, 3.8) is 0 Å². The van der Waals surface area contributed by atoms with Crippen LogP contribution in [0.4, 0.5) is 0 Å². The van der Waals surface area contributed by atoms with Crippen molar-refractivity contribution in [1.82, 2.24) is 4.98 Å². The molecule has 0 unspecified atom stereocenters. The minimum absolute atomic E-state index is 0.521. The van der Waals surface area contributed by atoms with Gasteiger partial charge in [0, 0.05) is 11.8 Å². The van der Waals surface area contributed by atoms with Crippen molar-refractivity contribution in [3.8, 4) is 22.4 Å². The van der Waals surface area contributed by atoms with Gasteiger partial charge in [0.1, 0.15) is 0 Å². The third-order valence-electron chi connectivity index (χ3n) is 5.47. The van der Waals surface area contributed by atoms with Gasteiger partial charge < -0.3 is 0 Å². The Morgan fingerprint density at radius 3 is 1.81 bits per heavy atom. The predicted molar refractivity (Wildman–Crippen MR) is 117 cm³/mol. The summed E-state index contributed by atoms with van der Waals surface area (Å²) in [6.45, 7) is 15.6. The Labute approximate surface area is 164 Å². The first-order chi connectivity index (χ1) is 12.8. The van der Waals surface area contributed by atoms with Gasteiger partial charge in [-0.3, -0.25) is 4.98 Å². The predicted octanol–water partition coefficient (Wildman–Crippen LogP) is 7.59. The summed E-state index contributed by atoms with van der Waals surface area (Å²) >= 11 is 0. The minimum atomic E-state index is 0.521. The molecule has 3 aromatic rings. The van der Waals surface area contributed by atoms with Crippen LogP contribution < -0.4 is 0 Å². The van der Waals surface area contributed by atoms with Crippen LogP contribution in [0.3, 0.4) is 0 Å². The van der Waals surface area contributed by atoms with Gasteiger partial charge in [-0.15, -0.1) is 0 Å². The smallest absolute Gasteiger partial charge is 0.0734 e. The average Bonchev–Trinajstić information content (AvgIpc) is 2.63. The lowest BCUT2D eigenvalue weighted by Crippen LogP contribution is -1.96. The molecule has 0 atom stereocenters. The fourth-order valence-electron chi connectivity index (χ4n) is 3.52. The summed E-state index contributed by atoms with van der Waals surface area (Å²) < 4.78 is 0. The highest BCUT2D eigenvalue weighted by atomic mass is 14.7. The Hall–Kier alpha value is -2.41. The number of benzene rings is 2. The molecular weight excluding hydrogens is 326 g/mol. The van der Waals surface area contributed by atoms with E-state index in [9.17, 15) is 0 Å². The molecule has 0 aliphatic rings. The molecule has 0 fully saturated rings. The Morgan fingerprint density at radius 2 is 1.22 bits per heavy atom. The van der Waals surface area contributed by atoms with Gasteiger partial charge in [-0.2, -0.15) is 0 Å². The topological polar surface area (TPSA) is 12.9 Å². The van der Waals surface area contributed by atoms with Crippen LogP contribution in [0.25, 0.3) is 22.4 Å². The van der Waals surface area contributed by atoms with E-state index in [-0.39, 0.29) is 0 Å². The third kappa shape index (κ3) is 4.13. The highest BCUT2D eigenvalue weighted by molar-refractivity contribution is 5.75. The lowest BCUT2D eigenvalue weighted by Gasteiger charge is -2.16. The van der Waals surface area contributed by atoms with Gasteiger partial charge in [0.2, 0.25) is 0 Å². The monoisotopic (exact) mass is 357 g/mol. The summed E-state index contributed by atoms with van der Waals surface area (Å²) in [4.78, 5) is 4.68. The van der Waals surface area contributed by atoms with Crippen molar-refractivity contribution in [2.24, 2.45) is 0 Å². The molecule has 0 aliphatic carbocycles. The zero-order valence-corrected chi connectivity index (χ0v) is 17.7. The second kappa shape index (κ2) is 7.68. The molecule has 3 rings (SSSR count). The van der Waals surface area contributed by atoms with Crippen LogP contribution >= 0.6 is 0 Å². The minimum Gasteiger partial charge on any atom is -0.256 e. The fourth-order valence-corrected chi connectivity index (χ4v) is 3.52. The number of rotatable bonds is 4. The quantitative estimate of drug-likeness (QED) is 0.469. The van der Waals surface area contributed by atoms with Gasteiger partial charge in [0.15, 0.2) is 0 Å². The summed E-state index contributed by atoms with van der Waals surface area (Å²) in [5.41, 5.74) is 11.5. The number of nitrogens with zero attached hydrogens (tertiary/aromatic N) is 1. The average molecular weight is 358 g/mol. The maximum atomic E-state index is 4.68. The molecular formula is C26H31N. The van der Waals surface area contributed by atoms with Crippen molar-refractivity contribution in [1.29, 1.82) is 0 Å². The van der Waals surface area contributed by atoms with E-state index in [1.54, 1.807) is 0 Å². The van der Waals surface area contributed by atoms with E-state index in [1.165, 1.54) is 44.5 Å². The lowest BCUT2D eigenvalue weighted by atomic mass is 9.89. The van der Waals surface area contributed by atoms with Crippen LogP contribution in [0.2, 0.25) is 0 Å². The summed E-state index contributed by atoms with van der Waals surface area (Å²) in [5.74, 6) is 1.04. The number of pyridine rings is 1. The van der Waals surface area contributed by atoms with Gasteiger partial charge in [-0.25, -0.2) is 0 Å². The van der Waals surface area contributed by atoms with E-state index >= 15 is 0 Å². The molecule has 0 aliphatic heterocycles. The summed E-state index contributed by atoms with van der Waals surface area (Å²) in [6.07, 6.45) is 1.91. The van der Waals surface area contributed by atoms with Gasteiger partial charge in [0.05, 0.1) is 5.69 Å². The Morgan fingerprint density at radius 1 is 0.667 bits per heavy atom. The highest BCUT2D eigenvalue weighted by Gasteiger charge is 2.12. The van der Waals surface area contributed by atoms with Crippen LogP contribution in [-0.2, 0) is 0 Å².